The number of nitrogens with zero attached hydrogens (tertiary/aromatic N) is 2. The fourth-order valence-electron chi connectivity index (χ4n) is 4.38. The molecule has 1 aromatic heterocycles. The smallest absolute Gasteiger partial charge is 0.335 e. The van der Waals surface area contributed by atoms with Crippen molar-refractivity contribution in [3.8, 4) is 11.4 Å². The number of hydrogen-bond acceptors (Lipinski definition) is 6. The molecule has 1 aliphatic rings. The van der Waals surface area contributed by atoms with Crippen LogP contribution in [0.3, 0.4) is 0 Å². The van der Waals surface area contributed by atoms with Crippen LogP contribution in [0.4, 0.5) is 0 Å². The highest BCUT2D eigenvalue weighted by molar-refractivity contribution is 7.51. The van der Waals surface area contributed by atoms with Crippen LogP contribution in [-0.2, 0) is 24.4 Å². The second kappa shape index (κ2) is 13.2. The van der Waals surface area contributed by atoms with Crippen molar-refractivity contribution in [1.29, 1.82) is 0 Å². The Hall–Kier alpha value is -2.23. The summed E-state index contributed by atoms with van der Waals surface area (Å²) in [4.78, 5) is 17.5. The number of nitrogens with one attached hydrogen (secondary N) is 1. The summed E-state index contributed by atoms with van der Waals surface area (Å²) in [6.07, 6.45) is 4.87. The minimum absolute atomic E-state index is 0.171. The van der Waals surface area contributed by atoms with Crippen LogP contribution in [0, 0.1) is 11.8 Å². The largest absolute Gasteiger partial charge is 0.495 e. The number of aromatic nitrogens is 2. The highest BCUT2D eigenvalue weighted by atomic mass is 35.5. The molecule has 8 nitrogen and oxygen atoms in total. The first-order valence-corrected chi connectivity index (χ1v) is 13.0. The summed E-state index contributed by atoms with van der Waals surface area (Å²) in [5.41, 5.74) is 1.25. The molecule has 0 atom stereocenters. The molecular weight excluding hydrogens is 490 g/mol. The number of carbonyl (C=O) groups is 1. The van der Waals surface area contributed by atoms with Gasteiger partial charge in [0.25, 0.3) is 5.91 Å². The minimum atomic E-state index is -0.861. The van der Waals surface area contributed by atoms with E-state index in [2.05, 4.69) is 37.1 Å². The molecule has 0 radical (unpaired) electrons. The number of amides is 1. The first-order chi connectivity index (χ1) is 16.6. The van der Waals surface area contributed by atoms with Crippen LogP contribution in [-0.4, -0.2) is 48.2 Å². The zero-order valence-corrected chi connectivity index (χ0v) is 22.7. The summed E-state index contributed by atoms with van der Waals surface area (Å²) in [6.45, 7) is 8.73. The quantitative estimate of drug-likeness (QED) is 0.531. The molecule has 2 aromatic rings. The summed E-state index contributed by atoms with van der Waals surface area (Å²) in [5.74, 6) is 2.15. The third kappa shape index (κ3) is 7.62. The first kappa shape index (κ1) is 29.0. The number of aryl methyl sites for hydroxylation is 1. The lowest BCUT2D eigenvalue weighted by Crippen LogP contribution is -2.45. The fraction of sp³-hybridized carbons (Fsp3) is 0.600. The van der Waals surface area contributed by atoms with Crippen molar-refractivity contribution < 1.29 is 23.1 Å². The van der Waals surface area contributed by atoms with Crippen LogP contribution >= 0.6 is 11.6 Å². The molecule has 1 aliphatic carbocycles. The van der Waals surface area contributed by atoms with Gasteiger partial charge in [-0.25, -0.2) is 4.98 Å². The van der Waals surface area contributed by atoms with Crippen LogP contribution in [0.1, 0.15) is 75.3 Å². The average Bonchev–Trinajstić information content (AvgIpc) is 3.16. The van der Waals surface area contributed by atoms with Crippen LogP contribution in [0.5, 0.6) is 5.75 Å². The number of imidazole rings is 1. The number of carbonyl (C=O) groups excluding carboxylic acids is 1. The van der Waals surface area contributed by atoms with E-state index in [9.17, 15) is 9.90 Å². The van der Waals surface area contributed by atoms with E-state index in [1.165, 1.54) is 5.56 Å². The number of halogens is 1. The highest BCUT2D eigenvalue weighted by Gasteiger charge is 2.33. The van der Waals surface area contributed by atoms with Gasteiger partial charge >= 0.3 is 11.6 Å². The second-order valence-corrected chi connectivity index (χ2v) is 10.1. The summed E-state index contributed by atoms with van der Waals surface area (Å²) >= 11 is 5.94. The molecule has 1 heterocycles. The van der Waals surface area contributed by atoms with Crippen LogP contribution in [0.15, 0.2) is 18.2 Å². The number of ether oxygens (including phenoxy) is 1. The molecule has 0 spiro atoms. The van der Waals surface area contributed by atoms with Gasteiger partial charge in [-0.15, -0.1) is 0 Å². The Morgan fingerprint density at radius 1 is 1.34 bits per heavy atom. The molecule has 0 unspecified atom stereocenters. The molecule has 1 saturated carbocycles. The second-order valence-electron chi connectivity index (χ2n) is 9.62. The van der Waals surface area contributed by atoms with E-state index in [0.717, 1.165) is 24.9 Å². The molecule has 35 heavy (non-hydrogen) atoms. The van der Waals surface area contributed by atoms with Crippen molar-refractivity contribution in [3.63, 3.8) is 0 Å². The standard InChI is InChI=1S/C25H36ClN3O3.O2S/c1-6-21-28-22(24(30)27-15-25(31)11-9-17(4)10-12-25)23(26)29(21)19-8-7-18(13-16(2)3)14-20(19)32-5;1-3-2/h7-8,14,16-17,31H,6,9-13,15H2,1-5H3,(H,27,30);. The topological polar surface area (TPSA) is 111 Å². The van der Waals surface area contributed by atoms with Crippen molar-refractivity contribution in [2.24, 2.45) is 11.8 Å². The van der Waals surface area contributed by atoms with Crippen molar-refractivity contribution in [2.45, 2.75) is 71.8 Å². The minimum Gasteiger partial charge on any atom is -0.495 e. The third-order valence-corrected chi connectivity index (χ3v) is 6.68. The predicted molar refractivity (Wildman–Crippen MR) is 137 cm³/mol. The Balaban J connectivity index is 0.00000137. The third-order valence-electron chi connectivity index (χ3n) is 6.33. The van der Waals surface area contributed by atoms with Gasteiger partial charge in [0.15, 0.2) is 5.69 Å². The zero-order valence-electron chi connectivity index (χ0n) is 21.1. The first-order valence-electron chi connectivity index (χ1n) is 12.0. The van der Waals surface area contributed by atoms with Crippen molar-refractivity contribution >= 4 is 29.1 Å². The monoisotopic (exact) mass is 525 g/mol. The van der Waals surface area contributed by atoms with Gasteiger partial charge in [0.1, 0.15) is 16.7 Å². The molecule has 194 valence electrons. The molecule has 1 fully saturated rings. The van der Waals surface area contributed by atoms with Gasteiger partial charge in [-0.05, 0) is 61.6 Å². The lowest BCUT2D eigenvalue weighted by atomic mass is 9.79. The number of methoxy groups -OCH3 is 1. The number of aliphatic hydroxyl groups is 1. The Bertz CT molecular complexity index is 1040. The maximum Gasteiger partial charge on any atom is 0.335 e. The van der Waals surface area contributed by atoms with Crippen LogP contribution in [0.25, 0.3) is 5.69 Å². The Morgan fingerprint density at radius 2 is 1.97 bits per heavy atom. The number of hydrogen-bond donors (Lipinski definition) is 2. The lowest BCUT2D eigenvalue weighted by molar-refractivity contribution is -0.00543. The molecule has 1 aromatic carbocycles. The van der Waals surface area contributed by atoms with E-state index in [0.29, 0.717) is 42.7 Å². The molecule has 0 bridgehead atoms. The molecule has 3 rings (SSSR count). The summed E-state index contributed by atoms with van der Waals surface area (Å²) < 4.78 is 24.0. The Morgan fingerprint density at radius 3 is 2.51 bits per heavy atom. The molecule has 0 saturated heterocycles. The molecule has 0 aliphatic heterocycles. The van der Waals surface area contributed by atoms with E-state index in [-0.39, 0.29) is 23.3 Å². The molecular formula is C25H36ClN3O5S. The predicted octanol–water partition coefficient (Wildman–Crippen LogP) is 4.30. The van der Waals surface area contributed by atoms with Gasteiger partial charge in [-0.1, -0.05) is 45.4 Å². The maximum absolute atomic E-state index is 12.9. The molecule has 1 amide bonds. The Kier molecular flexibility index (Phi) is 10.9. The van der Waals surface area contributed by atoms with E-state index < -0.39 is 17.2 Å². The average molecular weight is 526 g/mol. The number of rotatable bonds is 8. The maximum atomic E-state index is 12.9. The van der Waals surface area contributed by atoms with Gasteiger partial charge in [0.2, 0.25) is 0 Å². The van der Waals surface area contributed by atoms with Gasteiger partial charge in [-0.3, -0.25) is 9.36 Å². The van der Waals surface area contributed by atoms with Crippen molar-refractivity contribution in [1.82, 2.24) is 14.9 Å². The normalized spacial score (nSPS) is 19.6. The van der Waals surface area contributed by atoms with Crippen molar-refractivity contribution in [3.05, 3.63) is 40.4 Å². The Labute approximate surface area is 216 Å². The molecule has 10 heteroatoms. The van der Waals surface area contributed by atoms with E-state index >= 15 is 0 Å². The van der Waals surface area contributed by atoms with Gasteiger partial charge in [0, 0.05) is 13.0 Å². The summed E-state index contributed by atoms with van der Waals surface area (Å²) in [5, 5.41) is 13.9. The number of benzene rings is 1. The van der Waals surface area contributed by atoms with Gasteiger partial charge < -0.3 is 15.2 Å². The van der Waals surface area contributed by atoms with E-state index in [1.807, 2.05) is 19.1 Å². The fourth-order valence-corrected chi connectivity index (χ4v) is 4.70. The SMILES string of the molecule is CCc1nc(C(=O)NCC2(O)CCC(C)CC2)c(Cl)n1-c1ccc(CC(C)C)cc1OC.O=S=O. The lowest BCUT2D eigenvalue weighted by Gasteiger charge is -2.34. The summed E-state index contributed by atoms with van der Waals surface area (Å²) in [7, 11) is 1.63. The zero-order chi connectivity index (χ0) is 26.2. The van der Waals surface area contributed by atoms with Crippen LogP contribution in [0.2, 0.25) is 5.15 Å². The van der Waals surface area contributed by atoms with Crippen LogP contribution < -0.4 is 10.1 Å². The van der Waals surface area contributed by atoms with Gasteiger partial charge in [0.05, 0.1) is 18.4 Å². The summed E-state index contributed by atoms with van der Waals surface area (Å²) in [6, 6.07) is 6.05. The van der Waals surface area contributed by atoms with Gasteiger partial charge in [-0.2, -0.15) is 8.42 Å². The highest BCUT2D eigenvalue weighted by Crippen LogP contribution is 2.33. The van der Waals surface area contributed by atoms with E-state index in [4.69, 9.17) is 24.8 Å². The van der Waals surface area contributed by atoms with E-state index in [1.54, 1.807) is 11.7 Å². The molecule has 2 N–H and O–H groups in total. The van der Waals surface area contributed by atoms with Crippen molar-refractivity contribution in [2.75, 3.05) is 13.7 Å².